The largest absolute Gasteiger partial charge is 0.468 e. The van der Waals surface area contributed by atoms with Crippen LogP contribution in [0.25, 0.3) is 0 Å². The minimum atomic E-state index is -0.678. The fourth-order valence-electron chi connectivity index (χ4n) is 1.45. The normalized spacial score (nSPS) is 12.1. The fraction of sp³-hybridized carbons (Fsp3) is 0.417. The molecule has 1 rings (SSSR count). The van der Waals surface area contributed by atoms with Crippen LogP contribution in [0, 0.1) is 0 Å². The Balaban J connectivity index is 2.83. The van der Waals surface area contributed by atoms with E-state index in [-0.39, 0.29) is 0 Å². The molecule has 5 heteroatoms. The van der Waals surface area contributed by atoms with Crippen LogP contribution in [0.15, 0.2) is 18.2 Å². The molecule has 0 fully saturated rings. The summed E-state index contributed by atoms with van der Waals surface area (Å²) in [5.41, 5.74) is 7.53. The first kappa shape index (κ1) is 13.8. The number of nitrogens with two attached hydrogens (primary N) is 1. The first-order valence-electron chi connectivity index (χ1n) is 5.25. The maximum Gasteiger partial charge on any atom is 0.322 e. The molecule has 0 saturated carbocycles. The molecule has 1 atom stereocenters. The van der Waals surface area contributed by atoms with Gasteiger partial charge in [0.05, 0.1) is 7.11 Å². The van der Waals surface area contributed by atoms with Crippen molar-refractivity contribution in [1.29, 1.82) is 0 Å². The Hall–Kier alpha value is -1.26. The third-order valence-corrected chi connectivity index (χ3v) is 2.85. The quantitative estimate of drug-likeness (QED) is 0.829. The van der Waals surface area contributed by atoms with Crippen LogP contribution in [0.5, 0.6) is 0 Å². The van der Waals surface area contributed by atoms with Crippen LogP contribution < -0.4 is 10.6 Å². The van der Waals surface area contributed by atoms with Crippen LogP contribution in [-0.4, -0.2) is 33.2 Å². The number of nitrogens with zero attached hydrogens (tertiary/aromatic N) is 1. The predicted octanol–water partition coefficient (Wildman–Crippen LogP) is 1.45. The number of hydrogen-bond acceptors (Lipinski definition) is 4. The van der Waals surface area contributed by atoms with E-state index in [1.165, 1.54) is 7.11 Å². The number of hydrogen-bond donors (Lipinski definition) is 1. The van der Waals surface area contributed by atoms with Crippen LogP contribution in [-0.2, 0) is 16.0 Å². The Morgan fingerprint density at radius 1 is 1.53 bits per heavy atom. The van der Waals surface area contributed by atoms with Crippen molar-refractivity contribution in [1.82, 2.24) is 0 Å². The molecular weight excluding hydrogens is 240 g/mol. The lowest BCUT2D eigenvalue weighted by atomic mass is 10.1. The van der Waals surface area contributed by atoms with Gasteiger partial charge in [-0.2, -0.15) is 0 Å². The lowest BCUT2D eigenvalue weighted by Gasteiger charge is -2.15. The Kier molecular flexibility index (Phi) is 4.78. The fourth-order valence-corrected chi connectivity index (χ4v) is 1.70. The van der Waals surface area contributed by atoms with Crippen molar-refractivity contribution >= 4 is 23.3 Å². The monoisotopic (exact) mass is 256 g/mol. The molecule has 0 aliphatic heterocycles. The SMILES string of the molecule is COC(=O)C(N)Cc1ccc(N(C)C)cc1Cl. The number of halogens is 1. The standard InChI is InChI=1S/C12H17ClN2O2/c1-15(2)9-5-4-8(10(13)7-9)6-11(14)12(16)17-3/h4-5,7,11H,6,14H2,1-3H3. The molecule has 17 heavy (non-hydrogen) atoms. The average Bonchev–Trinajstić information content (AvgIpc) is 2.30. The molecule has 0 heterocycles. The van der Waals surface area contributed by atoms with E-state index in [1.54, 1.807) is 0 Å². The van der Waals surface area contributed by atoms with Crippen LogP contribution in [0.2, 0.25) is 5.02 Å². The molecule has 0 spiro atoms. The van der Waals surface area contributed by atoms with Gasteiger partial charge in [-0.3, -0.25) is 4.79 Å². The van der Waals surface area contributed by atoms with Crippen molar-refractivity contribution in [2.24, 2.45) is 5.73 Å². The second-order valence-electron chi connectivity index (χ2n) is 4.00. The summed E-state index contributed by atoms with van der Waals surface area (Å²) in [5.74, 6) is -0.433. The van der Waals surface area contributed by atoms with Gasteiger partial charge in [0.1, 0.15) is 6.04 Å². The highest BCUT2D eigenvalue weighted by Crippen LogP contribution is 2.23. The summed E-state index contributed by atoms with van der Waals surface area (Å²) >= 11 is 6.13. The van der Waals surface area contributed by atoms with E-state index in [4.69, 9.17) is 17.3 Å². The Labute approximate surface area is 106 Å². The zero-order valence-corrected chi connectivity index (χ0v) is 11.0. The lowest BCUT2D eigenvalue weighted by molar-refractivity contribution is -0.142. The highest BCUT2D eigenvalue weighted by Gasteiger charge is 2.16. The van der Waals surface area contributed by atoms with Gasteiger partial charge in [-0.1, -0.05) is 17.7 Å². The van der Waals surface area contributed by atoms with Crippen LogP contribution in [0.1, 0.15) is 5.56 Å². The molecule has 0 aliphatic carbocycles. The molecule has 0 radical (unpaired) electrons. The van der Waals surface area contributed by atoms with Crippen molar-refractivity contribution in [3.05, 3.63) is 28.8 Å². The van der Waals surface area contributed by atoms with Gasteiger partial charge in [-0.25, -0.2) is 0 Å². The second kappa shape index (κ2) is 5.89. The van der Waals surface area contributed by atoms with E-state index in [0.717, 1.165) is 11.3 Å². The molecule has 0 amide bonds. The van der Waals surface area contributed by atoms with Crippen molar-refractivity contribution in [3.8, 4) is 0 Å². The molecule has 94 valence electrons. The number of benzene rings is 1. The molecule has 1 aromatic rings. The van der Waals surface area contributed by atoms with Gasteiger partial charge in [0.15, 0.2) is 0 Å². The van der Waals surface area contributed by atoms with Crippen molar-refractivity contribution < 1.29 is 9.53 Å². The Morgan fingerprint density at radius 3 is 2.65 bits per heavy atom. The van der Waals surface area contributed by atoms with E-state index < -0.39 is 12.0 Å². The van der Waals surface area contributed by atoms with E-state index >= 15 is 0 Å². The van der Waals surface area contributed by atoms with Gasteiger partial charge in [-0.15, -0.1) is 0 Å². The van der Waals surface area contributed by atoms with Gasteiger partial charge in [0.2, 0.25) is 0 Å². The third-order valence-electron chi connectivity index (χ3n) is 2.50. The van der Waals surface area contributed by atoms with Gasteiger partial charge >= 0.3 is 5.97 Å². The molecule has 2 N–H and O–H groups in total. The number of carbonyl (C=O) groups excluding carboxylic acids is 1. The van der Waals surface area contributed by atoms with Crippen molar-refractivity contribution in [2.45, 2.75) is 12.5 Å². The number of methoxy groups -OCH3 is 1. The van der Waals surface area contributed by atoms with E-state index in [1.807, 2.05) is 37.2 Å². The molecule has 4 nitrogen and oxygen atoms in total. The summed E-state index contributed by atoms with van der Waals surface area (Å²) in [5, 5.41) is 0.607. The van der Waals surface area contributed by atoms with Crippen molar-refractivity contribution in [3.63, 3.8) is 0 Å². The molecule has 1 unspecified atom stereocenters. The summed E-state index contributed by atoms with van der Waals surface area (Å²) in [6.07, 6.45) is 0.374. The zero-order chi connectivity index (χ0) is 13.0. The predicted molar refractivity (Wildman–Crippen MR) is 69.5 cm³/mol. The van der Waals surface area contributed by atoms with Gasteiger partial charge < -0.3 is 15.4 Å². The summed E-state index contributed by atoms with van der Waals surface area (Å²) < 4.78 is 4.57. The Morgan fingerprint density at radius 2 is 2.18 bits per heavy atom. The minimum Gasteiger partial charge on any atom is -0.468 e. The summed E-state index contributed by atoms with van der Waals surface area (Å²) in [6.45, 7) is 0. The lowest BCUT2D eigenvalue weighted by Crippen LogP contribution is -2.33. The molecule has 0 saturated heterocycles. The van der Waals surface area contributed by atoms with Gasteiger partial charge in [0, 0.05) is 24.8 Å². The molecule has 0 aromatic heterocycles. The molecule has 1 aromatic carbocycles. The van der Waals surface area contributed by atoms with Gasteiger partial charge in [0.25, 0.3) is 0 Å². The first-order chi connectivity index (χ1) is 7.95. The third kappa shape index (κ3) is 3.61. The summed E-state index contributed by atoms with van der Waals surface area (Å²) in [6, 6.07) is 4.98. The average molecular weight is 257 g/mol. The number of anilines is 1. The topological polar surface area (TPSA) is 55.6 Å². The second-order valence-corrected chi connectivity index (χ2v) is 4.41. The zero-order valence-electron chi connectivity index (χ0n) is 10.2. The highest BCUT2D eigenvalue weighted by molar-refractivity contribution is 6.31. The van der Waals surface area contributed by atoms with Crippen molar-refractivity contribution in [2.75, 3.05) is 26.1 Å². The smallest absolute Gasteiger partial charge is 0.322 e. The van der Waals surface area contributed by atoms with E-state index in [0.29, 0.717) is 11.4 Å². The minimum absolute atomic E-state index is 0.374. The van der Waals surface area contributed by atoms with E-state index in [2.05, 4.69) is 4.74 Å². The molecule has 0 bridgehead atoms. The first-order valence-corrected chi connectivity index (χ1v) is 5.62. The summed E-state index contributed by atoms with van der Waals surface area (Å²) in [7, 11) is 5.19. The highest BCUT2D eigenvalue weighted by atomic mass is 35.5. The maximum atomic E-state index is 11.2. The van der Waals surface area contributed by atoms with E-state index in [9.17, 15) is 4.79 Å². The van der Waals surface area contributed by atoms with Crippen LogP contribution in [0.4, 0.5) is 5.69 Å². The van der Waals surface area contributed by atoms with Crippen LogP contribution in [0.3, 0.4) is 0 Å². The number of rotatable bonds is 4. The number of ether oxygens (including phenoxy) is 1. The van der Waals surface area contributed by atoms with Gasteiger partial charge in [-0.05, 0) is 24.1 Å². The Bertz CT molecular complexity index is 407. The molecule has 0 aliphatic rings. The number of esters is 1. The molecular formula is C12H17ClN2O2. The van der Waals surface area contributed by atoms with Crippen LogP contribution >= 0.6 is 11.6 Å². The summed E-state index contributed by atoms with van der Waals surface area (Å²) in [4.78, 5) is 13.2. The number of carbonyl (C=O) groups is 1. The maximum absolute atomic E-state index is 11.2.